The molecule has 3 heteroatoms. The summed E-state index contributed by atoms with van der Waals surface area (Å²) in [5.41, 5.74) is 11.8. The third-order valence-corrected chi connectivity index (χ3v) is 4.37. The molecule has 0 heterocycles. The lowest BCUT2D eigenvalue weighted by Crippen LogP contribution is -2.07. The third-order valence-electron chi connectivity index (χ3n) is 4.37. The van der Waals surface area contributed by atoms with Gasteiger partial charge in [-0.3, -0.25) is 0 Å². The van der Waals surface area contributed by atoms with E-state index in [0.717, 1.165) is 40.4 Å². The summed E-state index contributed by atoms with van der Waals surface area (Å²) in [4.78, 5) is 0. The molecule has 37 heavy (non-hydrogen) atoms. The topological polar surface area (TPSA) is 47.3 Å². The monoisotopic (exact) mass is 504 g/mol. The molecule has 3 N–H and O–H groups in total. The highest BCUT2D eigenvalue weighted by Gasteiger charge is 2.04. The van der Waals surface area contributed by atoms with E-state index in [9.17, 15) is 0 Å². The Balaban J connectivity index is 0. The molecular weight excluding hydrogens is 452 g/mol. The standard InChI is InChI=1S/C25H26N2O.C3H8.3C2H6/c1-19-8-7-11-23(17-14-19)28-18-20(2)27-25-13-6-4-10-22(25)16-15-21-9-3-5-12-24(21)26;1-3-2;3*1-2/h3-10,12-17,27H,2,11,18,26H2,1H3;3H2,1-2H3;3*1-2H3/b16-15+;;;;. The number of nitrogens with one attached hydrogen (secondary N) is 1. The van der Waals surface area contributed by atoms with Gasteiger partial charge >= 0.3 is 0 Å². The summed E-state index contributed by atoms with van der Waals surface area (Å²) >= 11 is 0. The van der Waals surface area contributed by atoms with Crippen LogP contribution in [-0.2, 0) is 4.74 Å². The Morgan fingerprint density at radius 1 is 0.892 bits per heavy atom. The average molecular weight is 505 g/mol. The van der Waals surface area contributed by atoms with Crippen LogP contribution in [0.4, 0.5) is 11.4 Å². The number of nitrogen functional groups attached to an aromatic ring is 1. The first-order chi connectivity index (χ1) is 18.0. The molecule has 1 aliphatic carbocycles. The first-order valence-electron chi connectivity index (χ1n) is 13.8. The number of para-hydroxylation sites is 2. The van der Waals surface area contributed by atoms with Crippen molar-refractivity contribution in [3.8, 4) is 0 Å². The van der Waals surface area contributed by atoms with Crippen molar-refractivity contribution in [2.75, 3.05) is 17.7 Å². The van der Waals surface area contributed by atoms with Crippen molar-refractivity contribution in [3.63, 3.8) is 0 Å². The minimum Gasteiger partial charge on any atom is -0.491 e. The van der Waals surface area contributed by atoms with E-state index >= 15 is 0 Å². The zero-order chi connectivity index (χ0) is 28.5. The Bertz CT molecular complexity index is 981. The second kappa shape index (κ2) is 24.2. The second-order valence-corrected chi connectivity index (χ2v) is 7.42. The van der Waals surface area contributed by atoms with Gasteiger partial charge in [0.25, 0.3) is 0 Å². The molecule has 0 bridgehead atoms. The fraction of sp³-hybridized carbons (Fsp3) is 0.353. The van der Waals surface area contributed by atoms with Gasteiger partial charge in [-0.2, -0.15) is 0 Å². The number of nitrogens with two attached hydrogens (primary N) is 1. The van der Waals surface area contributed by atoms with Gasteiger partial charge in [-0.05, 0) is 36.3 Å². The molecule has 204 valence electrons. The van der Waals surface area contributed by atoms with E-state index in [2.05, 4.69) is 57.0 Å². The molecule has 0 saturated carbocycles. The van der Waals surface area contributed by atoms with Crippen LogP contribution in [0.15, 0.2) is 96.4 Å². The minimum atomic E-state index is 0.413. The van der Waals surface area contributed by atoms with Gasteiger partial charge < -0.3 is 15.8 Å². The summed E-state index contributed by atoms with van der Waals surface area (Å²) in [7, 11) is 0. The van der Waals surface area contributed by atoms with Crippen LogP contribution in [-0.4, -0.2) is 6.61 Å². The van der Waals surface area contributed by atoms with Gasteiger partial charge in [0.2, 0.25) is 0 Å². The number of hydrogen-bond donors (Lipinski definition) is 2. The molecule has 2 aromatic carbocycles. The van der Waals surface area contributed by atoms with E-state index in [1.54, 1.807) is 0 Å². The van der Waals surface area contributed by atoms with Crippen LogP contribution >= 0.6 is 0 Å². The van der Waals surface area contributed by atoms with Crippen molar-refractivity contribution in [2.45, 2.75) is 75.2 Å². The predicted octanol–water partition coefficient (Wildman–Crippen LogP) is 10.7. The number of hydrogen-bond acceptors (Lipinski definition) is 3. The highest BCUT2D eigenvalue weighted by molar-refractivity contribution is 5.80. The highest BCUT2D eigenvalue weighted by atomic mass is 16.5. The van der Waals surface area contributed by atoms with Gasteiger partial charge in [0, 0.05) is 23.5 Å². The summed E-state index contributed by atoms with van der Waals surface area (Å²) in [6, 6.07) is 15.9. The van der Waals surface area contributed by atoms with E-state index in [0.29, 0.717) is 6.61 Å². The molecule has 0 fully saturated rings. The van der Waals surface area contributed by atoms with Gasteiger partial charge in [0.05, 0.1) is 0 Å². The maximum Gasteiger partial charge on any atom is 0.127 e. The second-order valence-electron chi connectivity index (χ2n) is 7.42. The number of allylic oxidation sites excluding steroid dienone is 5. The molecule has 0 aromatic heterocycles. The fourth-order valence-electron chi connectivity index (χ4n) is 2.82. The molecule has 2 aromatic rings. The van der Waals surface area contributed by atoms with E-state index in [-0.39, 0.29) is 0 Å². The lowest BCUT2D eigenvalue weighted by atomic mass is 10.1. The Labute approximate surface area is 228 Å². The molecule has 0 atom stereocenters. The zero-order valence-electron chi connectivity index (χ0n) is 24.9. The SMILES string of the molecule is C=C(COC1=CC=C(C)C=CC1)Nc1ccccc1/C=C/c1ccccc1N.CC.CC.CC.CCC. The van der Waals surface area contributed by atoms with Crippen LogP contribution < -0.4 is 11.1 Å². The lowest BCUT2D eigenvalue weighted by Gasteiger charge is -2.14. The zero-order valence-corrected chi connectivity index (χ0v) is 24.9. The summed E-state index contributed by atoms with van der Waals surface area (Å²) in [6.45, 7) is 22.8. The molecule has 0 spiro atoms. The van der Waals surface area contributed by atoms with Gasteiger partial charge in [-0.15, -0.1) is 0 Å². The first-order valence-corrected chi connectivity index (χ1v) is 13.8. The van der Waals surface area contributed by atoms with E-state index in [4.69, 9.17) is 10.5 Å². The van der Waals surface area contributed by atoms with E-state index in [1.807, 2.05) is 102 Å². The van der Waals surface area contributed by atoms with Crippen LogP contribution in [0, 0.1) is 0 Å². The predicted molar refractivity (Wildman–Crippen MR) is 171 cm³/mol. The lowest BCUT2D eigenvalue weighted by molar-refractivity contribution is 0.235. The average Bonchev–Trinajstić information content (AvgIpc) is 3.15. The molecule has 3 nitrogen and oxygen atoms in total. The molecule has 0 radical (unpaired) electrons. The van der Waals surface area contributed by atoms with E-state index in [1.165, 1.54) is 12.0 Å². The van der Waals surface area contributed by atoms with Crippen LogP contribution in [0.2, 0.25) is 0 Å². The first kappa shape index (κ1) is 35.7. The summed E-state index contributed by atoms with van der Waals surface area (Å²) in [6.07, 6.45) is 14.4. The van der Waals surface area contributed by atoms with Crippen molar-refractivity contribution in [1.29, 1.82) is 0 Å². The van der Waals surface area contributed by atoms with Gasteiger partial charge in [0.15, 0.2) is 0 Å². The maximum absolute atomic E-state index is 6.02. The van der Waals surface area contributed by atoms with Crippen LogP contribution in [0.5, 0.6) is 0 Å². The van der Waals surface area contributed by atoms with Gasteiger partial charge in [0.1, 0.15) is 12.4 Å². The van der Waals surface area contributed by atoms with Crippen molar-refractivity contribution < 1.29 is 4.74 Å². The molecule has 0 aliphatic heterocycles. The number of anilines is 2. The smallest absolute Gasteiger partial charge is 0.127 e. The molecular formula is C34H52N2O. The summed E-state index contributed by atoms with van der Waals surface area (Å²) in [5, 5.41) is 3.36. The van der Waals surface area contributed by atoms with Crippen LogP contribution in [0.3, 0.4) is 0 Å². The normalized spacial score (nSPS) is 11.3. The van der Waals surface area contributed by atoms with Gasteiger partial charge in [-0.1, -0.05) is 141 Å². The van der Waals surface area contributed by atoms with Crippen LogP contribution in [0.1, 0.15) is 86.3 Å². The Morgan fingerprint density at radius 3 is 2.05 bits per heavy atom. The van der Waals surface area contributed by atoms with Crippen molar-refractivity contribution in [1.82, 2.24) is 0 Å². The molecule has 1 aliphatic rings. The van der Waals surface area contributed by atoms with Gasteiger partial charge in [-0.25, -0.2) is 0 Å². The quantitative estimate of drug-likeness (QED) is 0.291. The number of ether oxygens (including phenoxy) is 1. The number of rotatable bonds is 7. The minimum absolute atomic E-state index is 0.413. The molecule has 0 amide bonds. The van der Waals surface area contributed by atoms with E-state index < -0.39 is 0 Å². The summed E-state index contributed by atoms with van der Waals surface area (Å²) in [5.74, 6) is 0.934. The highest BCUT2D eigenvalue weighted by Crippen LogP contribution is 2.22. The summed E-state index contributed by atoms with van der Waals surface area (Å²) < 4.78 is 5.90. The fourth-order valence-corrected chi connectivity index (χ4v) is 2.82. The van der Waals surface area contributed by atoms with Crippen molar-refractivity contribution in [2.24, 2.45) is 0 Å². The number of benzene rings is 2. The van der Waals surface area contributed by atoms with Crippen LogP contribution in [0.25, 0.3) is 12.2 Å². The van der Waals surface area contributed by atoms with Crippen molar-refractivity contribution >= 4 is 23.5 Å². The molecule has 0 saturated heterocycles. The Kier molecular flexibility index (Phi) is 23.4. The molecule has 0 unspecified atom stereocenters. The Hall–Kier alpha value is -3.46. The maximum atomic E-state index is 6.02. The molecule has 3 rings (SSSR count). The van der Waals surface area contributed by atoms with Crippen molar-refractivity contribution in [3.05, 3.63) is 108 Å². The third kappa shape index (κ3) is 16.0. The largest absolute Gasteiger partial charge is 0.491 e. The Morgan fingerprint density at radius 2 is 1.43 bits per heavy atom.